The van der Waals surface area contributed by atoms with Gasteiger partial charge >= 0.3 is 5.97 Å². The van der Waals surface area contributed by atoms with Crippen LogP contribution in [0.15, 0.2) is 4.47 Å². The average Bonchev–Trinajstić information content (AvgIpc) is 3.03. The van der Waals surface area contributed by atoms with Crippen molar-refractivity contribution >= 4 is 21.9 Å². The van der Waals surface area contributed by atoms with Crippen molar-refractivity contribution < 1.29 is 15.0 Å². The quantitative estimate of drug-likeness (QED) is 0.896. The second-order valence-electron chi connectivity index (χ2n) is 5.26. The summed E-state index contributed by atoms with van der Waals surface area (Å²) in [6, 6.07) is 0. The van der Waals surface area contributed by atoms with Gasteiger partial charge in [-0.05, 0) is 71.8 Å². The van der Waals surface area contributed by atoms with Crippen molar-refractivity contribution in [3.05, 3.63) is 26.7 Å². The molecule has 0 atom stereocenters. The van der Waals surface area contributed by atoms with E-state index in [1.54, 1.807) is 0 Å². The van der Waals surface area contributed by atoms with E-state index in [1.807, 2.05) is 20.8 Å². The summed E-state index contributed by atoms with van der Waals surface area (Å²) < 4.78 is 0.692. The van der Waals surface area contributed by atoms with Gasteiger partial charge in [-0.15, -0.1) is 0 Å². The van der Waals surface area contributed by atoms with Crippen molar-refractivity contribution in [2.24, 2.45) is 0 Å². The first-order valence-corrected chi connectivity index (χ1v) is 6.80. The van der Waals surface area contributed by atoms with Crippen molar-refractivity contribution in [3.63, 3.8) is 0 Å². The molecule has 0 spiro atoms. The predicted molar refractivity (Wildman–Crippen MR) is 73.2 cm³/mol. The molecule has 2 N–H and O–H groups in total. The first kappa shape index (κ1) is 13.4. The van der Waals surface area contributed by atoms with Gasteiger partial charge in [-0.2, -0.15) is 0 Å². The molecular formula is C14H17BrO3. The smallest absolute Gasteiger partial charge is 0.304 e. The highest BCUT2D eigenvalue weighted by Crippen LogP contribution is 2.55. The maximum atomic E-state index is 11.0. The maximum Gasteiger partial charge on any atom is 0.304 e. The number of halogens is 1. The number of carboxylic acid groups (broad SMARTS) is 1. The van der Waals surface area contributed by atoms with Gasteiger partial charge in [0.1, 0.15) is 5.75 Å². The molecule has 4 heteroatoms. The summed E-state index contributed by atoms with van der Waals surface area (Å²) in [5.74, 6) is -0.493. The molecule has 0 aliphatic heterocycles. The van der Waals surface area contributed by atoms with Crippen molar-refractivity contribution in [2.45, 2.75) is 45.4 Å². The Labute approximate surface area is 115 Å². The zero-order chi connectivity index (χ0) is 13.7. The highest BCUT2D eigenvalue weighted by Gasteiger charge is 2.48. The SMILES string of the molecule is Cc1c(C)c(C2(CC(=O)O)CC2)c(C)c(Br)c1O. The zero-order valence-corrected chi connectivity index (χ0v) is 12.4. The summed E-state index contributed by atoms with van der Waals surface area (Å²) in [5, 5.41) is 19.1. The molecule has 1 fully saturated rings. The number of aromatic hydroxyl groups is 1. The molecule has 1 aromatic rings. The van der Waals surface area contributed by atoms with Crippen LogP contribution in [0.5, 0.6) is 5.75 Å². The Morgan fingerprint density at radius 2 is 1.78 bits per heavy atom. The third kappa shape index (κ3) is 1.92. The highest BCUT2D eigenvalue weighted by molar-refractivity contribution is 9.10. The van der Waals surface area contributed by atoms with Crippen molar-refractivity contribution in [1.82, 2.24) is 0 Å². The Hall–Kier alpha value is -1.03. The summed E-state index contributed by atoms with van der Waals surface area (Å²) in [6.07, 6.45) is 2.00. The largest absolute Gasteiger partial charge is 0.506 e. The molecule has 18 heavy (non-hydrogen) atoms. The van der Waals surface area contributed by atoms with E-state index in [9.17, 15) is 9.90 Å². The van der Waals surface area contributed by atoms with Gasteiger partial charge in [0.15, 0.2) is 0 Å². The van der Waals surface area contributed by atoms with Crippen LogP contribution in [0.3, 0.4) is 0 Å². The summed E-state index contributed by atoms with van der Waals surface area (Å²) in [5.41, 5.74) is 3.70. The molecule has 3 nitrogen and oxygen atoms in total. The zero-order valence-electron chi connectivity index (χ0n) is 10.8. The molecule has 98 valence electrons. The van der Waals surface area contributed by atoms with E-state index >= 15 is 0 Å². The van der Waals surface area contributed by atoms with Gasteiger partial charge in [0, 0.05) is 5.41 Å². The van der Waals surface area contributed by atoms with Crippen LogP contribution in [0.1, 0.15) is 41.5 Å². The number of phenols is 1. The van der Waals surface area contributed by atoms with Crippen LogP contribution >= 0.6 is 15.9 Å². The fraction of sp³-hybridized carbons (Fsp3) is 0.500. The number of carbonyl (C=O) groups is 1. The highest BCUT2D eigenvalue weighted by atomic mass is 79.9. The molecule has 1 aliphatic rings. The van der Waals surface area contributed by atoms with Gasteiger partial charge < -0.3 is 10.2 Å². The first-order chi connectivity index (χ1) is 8.30. The standard InChI is InChI=1S/C14H17BrO3/c1-7-8(2)13(18)12(15)9(3)11(7)14(4-5-14)6-10(16)17/h18H,4-6H2,1-3H3,(H,16,17). The minimum absolute atomic E-state index is 0.172. The minimum Gasteiger partial charge on any atom is -0.506 e. The van der Waals surface area contributed by atoms with Crippen molar-refractivity contribution in [1.29, 1.82) is 0 Å². The molecule has 0 amide bonds. The Balaban J connectivity index is 2.62. The Bertz CT molecular complexity index is 501. The fourth-order valence-corrected chi connectivity index (χ4v) is 3.34. The molecule has 1 aliphatic carbocycles. The number of aliphatic carboxylic acids is 1. The number of rotatable bonds is 3. The monoisotopic (exact) mass is 312 g/mol. The number of phenolic OH excluding ortho intramolecular Hbond substituents is 1. The Kier molecular flexibility index (Phi) is 3.18. The minimum atomic E-state index is -0.756. The molecule has 0 unspecified atom stereocenters. The maximum absolute atomic E-state index is 11.0. The van der Waals surface area contributed by atoms with E-state index < -0.39 is 5.97 Å². The molecule has 0 aromatic heterocycles. The molecule has 0 saturated heterocycles. The lowest BCUT2D eigenvalue weighted by atomic mass is 9.83. The molecule has 1 saturated carbocycles. The van der Waals surface area contributed by atoms with Crippen LogP contribution in [-0.4, -0.2) is 16.2 Å². The summed E-state index contributed by atoms with van der Waals surface area (Å²) in [4.78, 5) is 11.0. The molecule has 1 aromatic carbocycles. The normalized spacial score (nSPS) is 16.7. The molecule has 0 bridgehead atoms. The van der Waals surface area contributed by atoms with Crippen molar-refractivity contribution in [3.8, 4) is 5.75 Å². The Morgan fingerprint density at radius 1 is 1.22 bits per heavy atom. The average molecular weight is 313 g/mol. The topological polar surface area (TPSA) is 57.5 Å². The molecule has 0 radical (unpaired) electrons. The predicted octanol–water partition coefficient (Wildman–Crippen LogP) is 3.59. The van der Waals surface area contributed by atoms with Gasteiger partial charge in [0.2, 0.25) is 0 Å². The van der Waals surface area contributed by atoms with Crippen LogP contribution in [0.25, 0.3) is 0 Å². The summed E-state index contributed by atoms with van der Waals surface area (Å²) >= 11 is 3.40. The first-order valence-electron chi connectivity index (χ1n) is 6.00. The van der Waals surface area contributed by atoms with Gasteiger partial charge in [-0.3, -0.25) is 4.79 Å². The lowest BCUT2D eigenvalue weighted by Gasteiger charge is -2.23. The summed E-state index contributed by atoms with van der Waals surface area (Å²) in [6.45, 7) is 5.77. The van der Waals surface area contributed by atoms with Gasteiger partial charge in [-0.1, -0.05) is 0 Å². The molecule has 0 heterocycles. The van der Waals surface area contributed by atoms with Crippen molar-refractivity contribution in [2.75, 3.05) is 0 Å². The third-order valence-corrected chi connectivity index (χ3v) is 5.05. The van der Waals surface area contributed by atoms with Crippen LogP contribution in [0, 0.1) is 20.8 Å². The second kappa shape index (κ2) is 4.26. The number of carboxylic acids is 1. The lowest BCUT2D eigenvalue weighted by Crippen LogP contribution is -2.17. The van der Waals surface area contributed by atoms with E-state index in [-0.39, 0.29) is 17.6 Å². The Morgan fingerprint density at radius 3 is 2.22 bits per heavy atom. The van der Waals surface area contributed by atoms with E-state index in [0.29, 0.717) is 4.47 Å². The molecule has 2 rings (SSSR count). The van der Waals surface area contributed by atoms with Gasteiger partial charge in [-0.25, -0.2) is 0 Å². The summed E-state index contributed by atoms with van der Waals surface area (Å²) in [7, 11) is 0. The third-order valence-electron chi connectivity index (χ3n) is 4.08. The van der Waals surface area contributed by atoms with E-state index in [1.165, 1.54) is 0 Å². The lowest BCUT2D eigenvalue weighted by molar-refractivity contribution is -0.137. The van der Waals surface area contributed by atoms with Gasteiger partial charge in [0.05, 0.1) is 10.9 Å². The van der Waals surface area contributed by atoms with E-state index in [0.717, 1.165) is 35.1 Å². The number of hydrogen-bond acceptors (Lipinski definition) is 2. The fourth-order valence-electron chi connectivity index (χ4n) is 2.85. The van der Waals surface area contributed by atoms with Gasteiger partial charge in [0.25, 0.3) is 0 Å². The van der Waals surface area contributed by atoms with Crippen LogP contribution in [0.2, 0.25) is 0 Å². The number of benzene rings is 1. The van der Waals surface area contributed by atoms with E-state index in [4.69, 9.17) is 5.11 Å². The van der Waals surface area contributed by atoms with E-state index in [2.05, 4.69) is 15.9 Å². The number of hydrogen-bond donors (Lipinski definition) is 2. The molecular weight excluding hydrogens is 296 g/mol. The van der Waals surface area contributed by atoms with Crippen LogP contribution in [-0.2, 0) is 10.2 Å². The van der Waals surface area contributed by atoms with Crippen LogP contribution < -0.4 is 0 Å². The second-order valence-corrected chi connectivity index (χ2v) is 6.06. The van der Waals surface area contributed by atoms with Crippen LogP contribution in [0.4, 0.5) is 0 Å².